The summed E-state index contributed by atoms with van der Waals surface area (Å²) in [6.07, 6.45) is 8.62. The van der Waals surface area contributed by atoms with Crippen molar-refractivity contribution < 1.29 is 9.53 Å². The number of imidazole rings is 1. The quantitative estimate of drug-likeness (QED) is 0.844. The number of aromatic nitrogens is 2. The van der Waals surface area contributed by atoms with Crippen LogP contribution in [0.2, 0.25) is 0 Å². The van der Waals surface area contributed by atoms with E-state index in [0.717, 1.165) is 32.2 Å². The Balaban J connectivity index is 1.51. The molecule has 1 saturated carbocycles. The van der Waals surface area contributed by atoms with Crippen molar-refractivity contribution in [3.63, 3.8) is 0 Å². The summed E-state index contributed by atoms with van der Waals surface area (Å²) in [4.78, 5) is 15.7. The molecule has 5 heteroatoms. The van der Waals surface area contributed by atoms with Gasteiger partial charge in [0.2, 0.25) is 0 Å². The molecule has 1 amide bonds. The Labute approximate surface area is 100 Å². The highest BCUT2D eigenvalue weighted by Gasteiger charge is 2.24. The topological polar surface area (TPSA) is 56.2 Å². The lowest BCUT2D eigenvalue weighted by atomic mass is 9.96. The summed E-state index contributed by atoms with van der Waals surface area (Å²) in [5.74, 6) is 0. The van der Waals surface area contributed by atoms with E-state index in [-0.39, 0.29) is 18.2 Å². The van der Waals surface area contributed by atoms with Crippen LogP contribution in [-0.4, -0.2) is 27.8 Å². The molecule has 1 aromatic heterocycles. The first-order valence-electron chi connectivity index (χ1n) is 6.27. The van der Waals surface area contributed by atoms with Crippen LogP contribution in [-0.2, 0) is 17.7 Å². The first-order valence-corrected chi connectivity index (χ1v) is 6.27. The van der Waals surface area contributed by atoms with Crippen molar-refractivity contribution in [1.82, 2.24) is 14.9 Å². The van der Waals surface area contributed by atoms with E-state index in [2.05, 4.69) is 14.9 Å². The molecule has 0 unspecified atom stereocenters. The average Bonchev–Trinajstić information content (AvgIpc) is 2.71. The number of nitrogens with zero attached hydrogens (tertiary/aromatic N) is 2. The van der Waals surface area contributed by atoms with E-state index < -0.39 is 0 Å². The summed E-state index contributed by atoms with van der Waals surface area (Å²) in [7, 11) is 0. The number of ether oxygens (including phenoxy) is 1. The number of fused-ring (bicyclic) bond motifs is 1. The molecular formula is C12H17N3O2. The molecule has 92 valence electrons. The van der Waals surface area contributed by atoms with Gasteiger partial charge in [-0.05, 0) is 25.7 Å². The maximum atomic E-state index is 11.6. The van der Waals surface area contributed by atoms with Gasteiger partial charge < -0.3 is 14.6 Å². The van der Waals surface area contributed by atoms with Gasteiger partial charge in [-0.2, -0.15) is 0 Å². The molecule has 0 radical (unpaired) electrons. The first-order chi connectivity index (χ1) is 8.31. The number of nitrogens with one attached hydrogen (secondary N) is 1. The minimum absolute atomic E-state index is 0.157. The molecule has 17 heavy (non-hydrogen) atoms. The summed E-state index contributed by atoms with van der Waals surface area (Å²) in [5.41, 5.74) is 1.19. The van der Waals surface area contributed by atoms with Gasteiger partial charge in [-0.15, -0.1) is 0 Å². The molecule has 2 aliphatic rings. The predicted octanol–water partition coefficient (Wildman–Crippen LogP) is 1.48. The van der Waals surface area contributed by atoms with E-state index in [9.17, 15) is 4.79 Å². The fraction of sp³-hybridized carbons (Fsp3) is 0.667. The van der Waals surface area contributed by atoms with Gasteiger partial charge in [-0.1, -0.05) is 0 Å². The van der Waals surface area contributed by atoms with E-state index >= 15 is 0 Å². The molecule has 1 aromatic rings. The second-order valence-corrected chi connectivity index (χ2v) is 4.87. The normalized spacial score (nSPS) is 23.6. The van der Waals surface area contributed by atoms with Crippen molar-refractivity contribution in [3.05, 3.63) is 18.2 Å². The van der Waals surface area contributed by atoms with Crippen molar-refractivity contribution in [2.75, 3.05) is 0 Å². The van der Waals surface area contributed by atoms with Crippen LogP contribution in [0, 0.1) is 0 Å². The molecule has 0 aromatic carbocycles. The summed E-state index contributed by atoms with van der Waals surface area (Å²) < 4.78 is 7.42. The molecule has 0 spiro atoms. The van der Waals surface area contributed by atoms with Crippen molar-refractivity contribution in [2.24, 2.45) is 0 Å². The van der Waals surface area contributed by atoms with Crippen LogP contribution < -0.4 is 5.32 Å². The molecule has 0 saturated heterocycles. The summed E-state index contributed by atoms with van der Waals surface area (Å²) in [5, 5.41) is 2.95. The lowest BCUT2D eigenvalue weighted by Gasteiger charge is -2.28. The molecule has 5 nitrogen and oxygen atoms in total. The van der Waals surface area contributed by atoms with E-state index in [4.69, 9.17) is 4.74 Å². The lowest BCUT2D eigenvalue weighted by molar-refractivity contribution is 0.0497. The van der Waals surface area contributed by atoms with Crippen molar-refractivity contribution in [3.8, 4) is 0 Å². The SMILES string of the molecule is O=C(N[C@H]1CCn2cncc2C1)OC1CCC1. The molecule has 1 aliphatic heterocycles. The Bertz CT molecular complexity index is 412. The maximum absolute atomic E-state index is 11.6. The number of carbonyl (C=O) groups excluding carboxylic acids is 1. The van der Waals surface area contributed by atoms with Crippen LogP contribution >= 0.6 is 0 Å². The monoisotopic (exact) mass is 235 g/mol. The summed E-state index contributed by atoms with van der Waals surface area (Å²) in [6, 6.07) is 0.187. The zero-order chi connectivity index (χ0) is 11.7. The fourth-order valence-corrected chi connectivity index (χ4v) is 2.33. The van der Waals surface area contributed by atoms with Crippen LogP contribution in [0.15, 0.2) is 12.5 Å². The number of amides is 1. The zero-order valence-corrected chi connectivity index (χ0v) is 9.76. The van der Waals surface area contributed by atoms with Gasteiger partial charge in [0.1, 0.15) is 6.10 Å². The second-order valence-electron chi connectivity index (χ2n) is 4.87. The van der Waals surface area contributed by atoms with E-state index in [1.54, 1.807) is 0 Å². The third-order valence-corrected chi connectivity index (χ3v) is 3.62. The molecule has 0 bridgehead atoms. The molecular weight excluding hydrogens is 218 g/mol. The number of hydrogen-bond donors (Lipinski definition) is 1. The van der Waals surface area contributed by atoms with E-state index in [1.165, 1.54) is 12.1 Å². The van der Waals surface area contributed by atoms with Crippen LogP contribution in [0.1, 0.15) is 31.4 Å². The Hall–Kier alpha value is -1.52. The Morgan fingerprint density at radius 2 is 2.35 bits per heavy atom. The highest BCUT2D eigenvalue weighted by Crippen LogP contribution is 2.22. The molecule has 1 fully saturated rings. The zero-order valence-electron chi connectivity index (χ0n) is 9.76. The highest BCUT2D eigenvalue weighted by molar-refractivity contribution is 5.68. The van der Waals surface area contributed by atoms with E-state index in [0.29, 0.717) is 0 Å². The van der Waals surface area contributed by atoms with Gasteiger partial charge in [0.05, 0.1) is 6.33 Å². The Kier molecular flexibility index (Phi) is 2.74. The maximum Gasteiger partial charge on any atom is 0.407 e. The van der Waals surface area contributed by atoms with Crippen molar-refractivity contribution >= 4 is 6.09 Å². The predicted molar refractivity (Wildman–Crippen MR) is 61.6 cm³/mol. The number of alkyl carbamates (subject to hydrolysis) is 1. The van der Waals surface area contributed by atoms with E-state index in [1.807, 2.05) is 12.5 Å². The van der Waals surface area contributed by atoms with Gasteiger partial charge in [-0.3, -0.25) is 0 Å². The molecule has 2 heterocycles. The Morgan fingerprint density at radius 3 is 3.12 bits per heavy atom. The standard InChI is InChI=1S/C12H17N3O2/c16-12(17-11-2-1-3-11)14-9-4-5-15-8-13-7-10(15)6-9/h7-9,11H,1-6H2,(H,14,16)/t9-/m0/s1. The lowest BCUT2D eigenvalue weighted by Crippen LogP contribution is -2.42. The minimum Gasteiger partial charge on any atom is -0.446 e. The van der Waals surface area contributed by atoms with Gasteiger partial charge in [0.15, 0.2) is 0 Å². The van der Waals surface area contributed by atoms with Crippen LogP contribution in [0.25, 0.3) is 0 Å². The van der Waals surface area contributed by atoms with Gasteiger partial charge in [0, 0.05) is 30.9 Å². The number of rotatable bonds is 2. The van der Waals surface area contributed by atoms with Crippen LogP contribution in [0.5, 0.6) is 0 Å². The smallest absolute Gasteiger partial charge is 0.407 e. The van der Waals surface area contributed by atoms with Gasteiger partial charge >= 0.3 is 6.09 Å². The van der Waals surface area contributed by atoms with Crippen LogP contribution in [0.3, 0.4) is 0 Å². The summed E-state index contributed by atoms with van der Waals surface area (Å²) >= 11 is 0. The highest BCUT2D eigenvalue weighted by atomic mass is 16.6. The fourth-order valence-electron chi connectivity index (χ4n) is 2.33. The third kappa shape index (κ3) is 2.28. The molecule has 1 aliphatic carbocycles. The van der Waals surface area contributed by atoms with Crippen LogP contribution in [0.4, 0.5) is 4.79 Å². The molecule has 1 atom stereocenters. The molecule has 1 N–H and O–H groups in total. The number of aryl methyl sites for hydroxylation is 1. The van der Waals surface area contributed by atoms with Gasteiger partial charge in [-0.25, -0.2) is 9.78 Å². The van der Waals surface area contributed by atoms with Crippen molar-refractivity contribution in [2.45, 2.75) is 50.8 Å². The third-order valence-electron chi connectivity index (χ3n) is 3.62. The van der Waals surface area contributed by atoms with Gasteiger partial charge in [0.25, 0.3) is 0 Å². The number of carbonyl (C=O) groups is 1. The molecule has 3 rings (SSSR count). The Morgan fingerprint density at radius 1 is 1.47 bits per heavy atom. The minimum atomic E-state index is -0.257. The largest absolute Gasteiger partial charge is 0.446 e. The number of hydrogen-bond acceptors (Lipinski definition) is 3. The first kappa shape index (κ1) is 10.6. The van der Waals surface area contributed by atoms with Crippen molar-refractivity contribution in [1.29, 1.82) is 0 Å². The second kappa shape index (κ2) is 4.39. The average molecular weight is 235 g/mol. The summed E-state index contributed by atoms with van der Waals surface area (Å²) in [6.45, 7) is 0.920.